The largest absolute Gasteiger partial charge is 0.508 e. The minimum absolute atomic E-state index is 0.108. The number of rotatable bonds is 6. The number of aromatic hydroxyl groups is 1. The van der Waals surface area contributed by atoms with Gasteiger partial charge in [0.2, 0.25) is 0 Å². The van der Waals surface area contributed by atoms with Crippen LogP contribution in [0, 0.1) is 0 Å². The predicted octanol–water partition coefficient (Wildman–Crippen LogP) is 2.74. The highest BCUT2D eigenvalue weighted by atomic mass is 16.5. The van der Waals surface area contributed by atoms with Gasteiger partial charge in [-0.25, -0.2) is 0 Å². The van der Waals surface area contributed by atoms with E-state index in [2.05, 4.69) is 0 Å². The molecule has 2 aromatic rings. The molecular formula is C17H18O5. The van der Waals surface area contributed by atoms with E-state index in [4.69, 9.17) is 14.2 Å². The summed E-state index contributed by atoms with van der Waals surface area (Å²) in [6.07, 6.45) is 0. The molecule has 0 spiro atoms. The van der Waals surface area contributed by atoms with E-state index in [0.29, 0.717) is 11.5 Å². The van der Waals surface area contributed by atoms with Gasteiger partial charge in [-0.05, 0) is 29.8 Å². The minimum Gasteiger partial charge on any atom is -0.508 e. The molecule has 1 atom stereocenters. The van der Waals surface area contributed by atoms with Crippen molar-refractivity contribution >= 4 is 5.97 Å². The van der Waals surface area contributed by atoms with Gasteiger partial charge < -0.3 is 19.3 Å². The van der Waals surface area contributed by atoms with Crippen LogP contribution in [0.3, 0.4) is 0 Å². The van der Waals surface area contributed by atoms with Gasteiger partial charge in [-0.2, -0.15) is 0 Å². The molecular weight excluding hydrogens is 284 g/mol. The van der Waals surface area contributed by atoms with Crippen LogP contribution in [0.4, 0.5) is 0 Å². The van der Waals surface area contributed by atoms with Crippen LogP contribution in [0.25, 0.3) is 0 Å². The molecule has 1 unspecified atom stereocenters. The van der Waals surface area contributed by atoms with Crippen molar-refractivity contribution in [2.45, 2.75) is 5.92 Å². The van der Waals surface area contributed by atoms with Crippen molar-refractivity contribution in [3.05, 3.63) is 54.1 Å². The minimum atomic E-state index is -0.557. The second-order valence-electron chi connectivity index (χ2n) is 4.66. The highest BCUT2D eigenvalue weighted by Crippen LogP contribution is 2.24. The second-order valence-corrected chi connectivity index (χ2v) is 4.66. The standard InChI is InChI=1S/C17H18O5/c1-20-14-8-6-12(7-9-14)16(17(19)21-2)11-22-15-5-3-4-13(18)10-15/h3-10,16,18H,11H2,1-2H3. The zero-order valence-electron chi connectivity index (χ0n) is 12.5. The maximum absolute atomic E-state index is 12.0. The zero-order chi connectivity index (χ0) is 15.9. The van der Waals surface area contributed by atoms with E-state index in [1.165, 1.54) is 13.2 Å². The first-order valence-electron chi connectivity index (χ1n) is 6.77. The van der Waals surface area contributed by atoms with E-state index in [0.717, 1.165) is 5.56 Å². The van der Waals surface area contributed by atoms with Gasteiger partial charge in [0.25, 0.3) is 0 Å². The maximum atomic E-state index is 12.0. The van der Waals surface area contributed by atoms with Gasteiger partial charge in [0.05, 0.1) is 14.2 Å². The lowest BCUT2D eigenvalue weighted by molar-refractivity contribution is -0.143. The van der Waals surface area contributed by atoms with Crippen molar-refractivity contribution in [2.75, 3.05) is 20.8 Å². The van der Waals surface area contributed by atoms with Crippen molar-refractivity contribution in [1.29, 1.82) is 0 Å². The van der Waals surface area contributed by atoms with Crippen LogP contribution in [0.2, 0.25) is 0 Å². The van der Waals surface area contributed by atoms with Crippen LogP contribution in [-0.2, 0) is 9.53 Å². The molecule has 0 saturated heterocycles. The molecule has 0 heterocycles. The van der Waals surface area contributed by atoms with Crippen LogP contribution >= 0.6 is 0 Å². The van der Waals surface area contributed by atoms with E-state index in [1.54, 1.807) is 49.6 Å². The van der Waals surface area contributed by atoms with Gasteiger partial charge in [-0.3, -0.25) is 4.79 Å². The number of benzene rings is 2. The van der Waals surface area contributed by atoms with Crippen LogP contribution in [-0.4, -0.2) is 31.9 Å². The third-order valence-corrected chi connectivity index (χ3v) is 3.24. The number of esters is 1. The molecule has 0 saturated carbocycles. The molecule has 2 aromatic carbocycles. The molecule has 116 valence electrons. The number of carbonyl (C=O) groups is 1. The smallest absolute Gasteiger partial charge is 0.316 e. The van der Waals surface area contributed by atoms with Gasteiger partial charge >= 0.3 is 5.97 Å². The zero-order valence-corrected chi connectivity index (χ0v) is 12.5. The van der Waals surface area contributed by atoms with Crippen LogP contribution in [0.15, 0.2) is 48.5 Å². The molecule has 0 aliphatic rings. The SMILES string of the molecule is COC(=O)C(COc1cccc(O)c1)c1ccc(OC)cc1. The summed E-state index contributed by atoms with van der Waals surface area (Å²) >= 11 is 0. The van der Waals surface area contributed by atoms with E-state index in [-0.39, 0.29) is 18.3 Å². The lowest BCUT2D eigenvalue weighted by atomic mass is 10.00. The molecule has 0 radical (unpaired) electrons. The lowest BCUT2D eigenvalue weighted by Gasteiger charge is -2.16. The summed E-state index contributed by atoms with van der Waals surface area (Å²) in [7, 11) is 2.92. The number of hydrogen-bond acceptors (Lipinski definition) is 5. The molecule has 5 heteroatoms. The maximum Gasteiger partial charge on any atom is 0.316 e. The Morgan fingerprint density at radius 3 is 2.41 bits per heavy atom. The lowest BCUT2D eigenvalue weighted by Crippen LogP contribution is -2.21. The summed E-state index contributed by atoms with van der Waals surface area (Å²) in [5, 5.41) is 9.42. The van der Waals surface area contributed by atoms with Crippen molar-refractivity contribution < 1.29 is 24.1 Å². The van der Waals surface area contributed by atoms with Crippen molar-refractivity contribution in [2.24, 2.45) is 0 Å². The number of hydrogen-bond donors (Lipinski definition) is 1. The first-order valence-corrected chi connectivity index (χ1v) is 6.77. The number of methoxy groups -OCH3 is 2. The average molecular weight is 302 g/mol. The number of ether oxygens (including phenoxy) is 3. The van der Waals surface area contributed by atoms with E-state index in [9.17, 15) is 9.90 Å². The Kier molecular flexibility index (Phi) is 5.25. The topological polar surface area (TPSA) is 65.0 Å². The van der Waals surface area contributed by atoms with Gasteiger partial charge in [0.15, 0.2) is 0 Å². The number of phenolic OH excluding ortho intramolecular Hbond substituents is 1. The van der Waals surface area contributed by atoms with Crippen LogP contribution in [0.1, 0.15) is 11.5 Å². The summed E-state index contributed by atoms with van der Waals surface area (Å²) in [6.45, 7) is 0.114. The fourth-order valence-electron chi connectivity index (χ4n) is 2.03. The number of phenols is 1. The average Bonchev–Trinajstić information content (AvgIpc) is 2.55. The molecule has 0 bridgehead atoms. The summed E-state index contributed by atoms with van der Waals surface area (Å²) in [5.74, 6) is 0.365. The Labute approximate surface area is 129 Å². The quantitative estimate of drug-likeness (QED) is 0.831. The monoisotopic (exact) mass is 302 g/mol. The molecule has 2 rings (SSSR count). The van der Waals surface area contributed by atoms with E-state index < -0.39 is 5.92 Å². The fraction of sp³-hybridized carbons (Fsp3) is 0.235. The van der Waals surface area contributed by atoms with Gasteiger partial charge in [-0.15, -0.1) is 0 Å². The predicted molar refractivity (Wildman–Crippen MR) is 81.4 cm³/mol. The Bertz CT molecular complexity index is 621. The Morgan fingerprint density at radius 2 is 1.82 bits per heavy atom. The molecule has 0 aromatic heterocycles. The summed E-state index contributed by atoms with van der Waals surface area (Å²) in [5.41, 5.74) is 0.771. The Morgan fingerprint density at radius 1 is 1.09 bits per heavy atom. The molecule has 0 fully saturated rings. The normalized spacial score (nSPS) is 11.5. The van der Waals surface area contributed by atoms with Crippen molar-refractivity contribution in [3.8, 4) is 17.2 Å². The third kappa shape index (κ3) is 3.91. The van der Waals surface area contributed by atoms with Crippen LogP contribution in [0.5, 0.6) is 17.2 Å². The molecule has 0 aliphatic heterocycles. The van der Waals surface area contributed by atoms with Gasteiger partial charge in [0, 0.05) is 6.07 Å². The van der Waals surface area contributed by atoms with E-state index >= 15 is 0 Å². The highest BCUT2D eigenvalue weighted by molar-refractivity contribution is 5.78. The van der Waals surface area contributed by atoms with Gasteiger partial charge in [0.1, 0.15) is 29.8 Å². The van der Waals surface area contributed by atoms with E-state index in [1.807, 2.05) is 0 Å². The highest BCUT2D eigenvalue weighted by Gasteiger charge is 2.22. The van der Waals surface area contributed by atoms with Crippen molar-refractivity contribution in [1.82, 2.24) is 0 Å². The molecule has 0 amide bonds. The summed E-state index contributed by atoms with van der Waals surface area (Å²) < 4.78 is 15.5. The third-order valence-electron chi connectivity index (χ3n) is 3.24. The molecule has 5 nitrogen and oxygen atoms in total. The summed E-state index contributed by atoms with van der Waals surface area (Å²) in [6, 6.07) is 13.6. The summed E-state index contributed by atoms with van der Waals surface area (Å²) in [4.78, 5) is 12.0. The Balaban J connectivity index is 2.13. The first kappa shape index (κ1) is 15.7. The molecule has 1 N–H and O–H groups in total. The second kappa shape index (κ2) is 7.36. The first-order chi connectivity index (χ1) is 10.6. The number of carbonyl (C=O) groups excluding carboxylic acids is 1. The van der Waals surface area contributed by atoms with Crippen molar-refractivity contribution in [3.63, 3.8) is 0 Å². The fourth-order valence-corrected chi connectivity index (χ4v) is 2.03. The molecule has 22 heavy (non-hydrogen) atoms. The molecule has 0 aliphatic carbocycles. The Hall–Kier alpha value is -2.69. The van der Waals surface area contributed by atoms with Gasteiger partial charge in [-0.1, -0.05) is 18.2 Å². The van der Waals surface area contributed by atoms with Crippen LogP contribution < -0.4 is 9.47 Å².